The van der Waals surface area contributed by atoms with Gasteiger partial charge in [-0.1, -0.05) is 24.3 Å². The molecule has 0 saturated carbocycles. The van der Waals surface area contributed by atoms with Crippen LogP contribution < -0.4 is 10.6 Å². The van der Waals surface area contributed by atoms with Crippen molar-refractivity contribution in [2.45, 2.75) is 25.4 Å². The van der Waals surface area contributed by atoms with E-state index in [0.29, 0.717) is 6.54 Å². The van der Waals surface area contributed by atoms with E-state index in [0.717, 1.165) is 41.7 Å². The van der Waals surface area contributed by atoms with E-state index in [4.69, 9.17) is 0 Å². The number of amides is 1. The van der Waals surface area contributed by atoms with Gasteiger partial charge in [-0.25, -0.2) is 4.98 Å². The maximum Gasteiger partial charge on any atom is 0.237 e. The van der Waals surface area contributed by atoms with Gasteiger partial charge in [-0.3, -0.25) is 9.36 Å². The Bertz CT molecular complexity index is 847. The highest BCUT2D eigenvalue weighted by Gasteiger charge is 2.21. The molecular formula is C19H20N4O. The summed E-state index contributed by atoms with van der Waals surface area (Å²) in [4.78, 5) is 16.5. The van der Waals surface area contributed by atoms with E-state index in [9.17, 15) is 4.79 Å². The maximum atomic E-state index is 12.0. The van der Waals surface area contributed by atoms with Crippen molar-refractivity contribution in [3.05, 3.63) is 60.4 Å². The van der Waals surface area contributed by atoms with Gasteiger partial charge in [0.2, 0.25) is 5.91 Å². The molecule has 3 aromatic rings. The number of fused-ring (bicyclic) bond motifs is 1. The molecule has 0 bridgehead atoms. The number of aromatic nitrogens is 2. The number of carbonyl (C=O) groups is 1. The number of nitrogens with zero attached hydrogens (tertiary/aromatic N) is 2. The summed E-state index contributed by atoms with van der Waals surface area (Å²) in [5, 5.41) is 6.22. The first-order valence-electron chi connectivity index (χ1n) is 8.34. The molecule has 2 heterocycles. The lowest BCUT2D eigenvalue weighted by Crippen LogP contribution is -2.39. The molecule has 0 spiro atoms. The Morgan fingerprint density at radius 2 is 2.04 bits per heavy atom. The van der Waals surface area contributed by atoms with Crippen molar-refractivity contribution in [2.75, 3.05) is 6.54 Å². The van der Waals surface area contributed by atoms with Gasteiger partial charge in [0.15, 0.2) is 0 Å². The van der Waals surface area contributed by atoms with Crippen molar-refractivity contribution >= 4 is 16.9 Å². The first-order valence-corrected chi connectivity index (χ1v) is 8.34. The van der Waals surface area contributed by atoms with E-state index in [1.807, 2.05) is 36.7 Å². The number of hydrogen-bond donors (Lipinski definition) is 2. The van der Waals surface area contributed by atoms with Crippen LogP contribution in [0, 0.1) is 0 Å². The Morgan fingerprint density at radius 1 is 1.21 bits per heavy atom. The lowest BCUT2D eigenvalue weighted by Gasteiger charge is -2.11. The SMILES string of the molecule is O=C(NCc1ccc(-n2cnc3ccccc32)cc1)C1CCCN1. The third-order valence-corrected chi connectivity index (χ3v) is 4.51. The third kappa shape index (κ3) is 2.90. The third-order valence-electron chi connectivity index (χ3n) is 4.51. The summed E-state index contributed by atoms with van der Waals surface area (Å²) in [5.74, 6) is 0.0946. The van der Waals surface area contributed by atoms with Crippen LogP contribution in [0.25, 0.3) is 16.7 Å². The molecule has 1 aromatic heterocycles. The van der Waals surface area contributed by atoms with E-state index in [-0.39, 0.29) is 11.9 Å². The van der Waals surface area contributed by atoms with E-state index >= 15 is 0 Å². The Hall–Kier alpha value is -2.66. The number of rotatable bonds is 4. The molecule has 2 aromatic carbocycles. The smallest absolute Gasteiger partial charge is 0.237 e. The van der Waals surface area contributed by atoms with Gasteiger partial charge >= 0.3 is 0 Å². The second-order valence-electron chi connectivity index (χ2n) is 6.14. The number of para-hydroxylation sites is 2. The van der Waals surface area contributed by atoms with Gasteiger partial charge < -0.3 is 10.6 Å². The Morgan fingerprint density at radius 3 is 2.83 bits per heavy atom. The minimum Gasteiger partial charge on any atom is -0.351 e. The first kappa shape index (κ1) is 14.9. The highest BCUT2D eigenvalue weighted by molar-refractivity contribution is 5.82. The Kier molecular flexibility index (Phi) is 4.01. The highest BCUT2D eigenvalue weighted by atomic mass is 16.2. The predicted molar refractivity (Wildman–Crippen MR) is 93.9 cm³/mol. The average Bonchev–Trinajstić information content (AvgIpc) is 3.30. The van der Waals surface area contributed by atoms with E-state index in [1.165, 1.54) is 0 Å². The number of benzene rings is 2. The lowest BCUT2D eigenvalue weighted by atomic mass is 10.2. The number of nitrogens with one attached hydrogen (secondary N) is 2. The zero-order valence-electron chi connectivity index (χ0n) is 13.4. The fourth-order valence-electron chi connectivity index (χ4n) is 3.16. The zero-order chi connectivity index (χ0) is 16.4. The van der Waals surface area contributed by atoms with Crippen molar-refractivity contribution in [2.24, 2.45) is 0 Å². The molecule has 4 rings (SSSR count). The summed E-state index contributed by atoms with van der Waals surface area (Å²) in [6.07, 6.45) is 3.84. The second kappa shape index (κ2) is 6.45. The predicted octanol–water partition coefficient (Wildman–Crippen LogP) is 2.39. The van der Waals surface area contributed by atoms with Gasteiger partial charge in [-0.15, -0.1) is 0 Å². The molecule has 1 fully saturated rings. The van der Waals surface area contributed by atoms with Crippen LogP contribution in [0.2, 0.25) is 0 Å². The van der Waals surface area contributed by atoms with Crippen molar-refractivity contribution < 1.29 is 4.79 Å². The van der Waals surface area contributed by atoms with Crippen LogP contribution in [0.15, 0.2) is 54.9 Å². The molecular weight excluding hydrogens is 300 g/mol. The van der Waals surface area contributed by atoms with E-state index < -0.39 is 0 Å². The van der Waals surface area contributed by atoms with Gasteiger partial charge in [0, 0.05) is 12.2 Å². The Labute approximate surface area is 140 Å². The molecule has 1 atom stereocenters. The molecule has 1 aliphatic heterocycles. The van der Waals surface area contributed by atoms with Crippen LogP contribution in [0.1, 0.15) is 18.4 Å². The molecule has 24 heavy (non-hydrogen) atoms. The monoisotopic (exact) mass is 320 g/mol. The number of carbonyl (C=O) groups excluding carboxylic acids is 1. The standard InChI is InChI=1S/C19H20N4O/c24-19(17-5-3-11-20-17)21-12-14-7-9-15(10-8-14)23-13-22-16-4-1-2-6-18(16)23/h1-2,4,6-10,13,17,20H,3,5,11-12H2,(H,21,24). The first-order chi connectivity index (χ1) is 11.8. The van der Waals surface area contributed by atoms with E-state index in [2.05, 4.69) is 38.4 Å². The summed E-state index contributed by atoms with van der Waals surface area (Å²) in [7, 11) is 0. The van der Waals surface area contributed by atoms with Crippen LogP contribution in [-0.2, 0) is 11.3 Å². The van der Waals surface area contributed by atoms with Crippen molar-refractivity contribution in [3.63, 3.8) is 0 Å². The topological polar surface area (TPSA) is 59.0 Å². The summed E-state index contributed by atoms with van der Waals surface area (Å²) in [5.41, 5.74) is 4.23. The van der Waals surface area contributed by atoms with Crippen LogP contribution in [-0.4, -0.2) is 28.0 Å². The van der Waals surface area contributed by atoms with Crippen LogP contribution in [0.5, 0.6) is 0 Å². The van der Waals surface area contributed by atoms with E-state index in [1.54, 1.807) is 0 Å². The van der Waals surface area contributed by atoms with Gasteiger partial charge in [-0.2, -0.15) is 0 Å². The zero-order valence-corrected chi connectivity index (χ0v) is 13.4. The van der Waals surface area contributed by atoms with Crippen molar-refractivity contribution in [3.8, 4) is 5.69 Å². The molecule has 122 valence electrons. The molecule has 1 amide bonds. The molecule has 1 saturated heterocycles. The summed E-state index contributed by atoms with van der Waals surface area (Å²) >= 11 is 0. The van der Waals surface area contributed by atoms with Crippen molar-refractivity contribution in [1.29, 1.82) is 0 Å². The molecule has 1 unspecified atom stereocenters. The second-order valence-corrected chi connectivity index (χ2v) is 6.14. The number of imidazole rings is 1. The molecule has 1 aliphatic rings. The maximum absolute atomic E-state index is 12.0. The summed E-state index contributed by atoms with van der Waals surface area (Å²) < 4.78 is 2.07. The molecule has 5 heteroatoms. The van der Waals surface area contributed by atoms with Gasteiger partial charge in [0.05, 0.1) is 17.1 Å². The normalized spacial score (nSPS) is 17.2. The van der Waals surface area contributed by atoms with Gasteiger partial charge in [-0.05, 0) is 49.2 Å². The fraction of sp³-hybridized carbons (Fsp3) is 0.263. The quantitative estimate of drug-likeness (QED) is 0.776. The van der Waals surface area contributed by atoms with Crippen LogP contribution in [0.4, 0.5) is 0 Å². The fourth-order valence-corrected chi connectivity index (χ4v) is 3.16. The van der Waals surface area contributed by atoms with Crippen molar-refractivity contribution in [1.82, 2.24) is 20.2 Å². The van der Waals surface area contributed by atoms with Crippen LogP contribution >= 0.6 is 0 Å². The number of hydrogen-bond acceptors (Lipinski definition) is 3. The van der Waals surface area contributed by atoms with Crippen LogP contribution in [0.3, 0.4) is 0 Å². The Balaban J connectivity index is 1.45. The summed E-state index contributed by atoms with van der Waals surface area (Å²) in [6.45, 7) is 1.49. The molecule has 0 aliphatic carbocycles. The molecule has 5 nitrogen and oxygen atoms in total. The highest BCUT2D eigenvalue weighted by Crippen LogP contribution is 2.18. The molecule has 0 radical (unpaired) electrons. The summed E-state index contributed by atoms with van der Waals surface area (Å²) in [6, 6.07) is 16.3. The van der Waals surface area contributed by atoms with Gasteiger partial charge in [0.1, 0.15) is 6.33 Å². The van der Waals surface area contributed by atoms with Gasteiger partial charge in [0.25, 0.3) is 0 Å². The lowest BCUT2D eigenvalue weighted by molar-refractivity contribution is -0.122. The molecule has 2 N–H and O–H groups in total. The minimum absolute atomic E-state index is 0.0263. The average molecular weight is 320 g/mol. The minimum atomic E-state index is -0.0263. The largest absolute Gasteiger partial charge is 0.351 e.